The molecular formula is C21H27N5O2. The Balaban J connectivity index is 1.34. The number of aromatic nitrogens is 4. The molecule has 3 aromatic rings. The molecule has 0 spiro atoms. The summed E-state index contributed by atoms with van der Waals surface area (Å²) in [5, 5.41) is 4.35. The molecule has 0 aliphatic carbocycles. The third-order valence-corrected chi connectivity index (χ3v) is 4.97. The van der Waals surface area contributed by atoms with E-state index in [4.69, 9.17) is 9.47 Å². The summed E-state index contributed by atoms with van der Waals surface area (Å²) in [6, 6.07) is 8.14. The van der Waals surface area contributed by atoms with Gasteiger partial charge in [-0.2, -0.15) is 5.10 Å². The number of morpholine rings is 1. The monoisotopic (exact) mass is 381 g/mol. The van der Waals surface area contributed by atoms with Crippen LogP contribution in [0.5, 0.6) is 5.75 Å². The van der Waals surface area contributed by atoms with Gasteiger partial charge in [0.1, 0.15) is 11.6 Å². The van der Waals surface area contributed by atoms with Gasteiger partial charge in [-0.1, -0.05) is 0 Å². The van der Waals surface area contributed by atoms with Crippen molar-refractivity contribution >= 4 is 0 Å². The SMILES string of the molecule is CCn1cc(-n2ccnc2-c2ccc(OCCCN3CCOCC3)cc2)cn1. The Kier molecular flexibility index (Phi) is 6.04. The molecule has 3 heterocycles. The van der Waals surface area contributed by atoms with Crippen molar-refractivity contribution in [1.82, 2.24) is 24.2 Å². The predicted octanol–water partition coefficient (Wildman–Crippen LogP) is 2.86. The quantitative estimate of drug-likeness (QED) is 0.562. The van der Waals surface area contributed by atoms with E-state index in [1.807, 2.05) is 41.6 Å². The molecule has 2 aromatic heterocycles. The number of aryl methyl sites for hydroxylation is 1. The van der Waals surface area contributed by atoms with Crippen molar-refractivity contribution in [3.8, 4) is 22.8 Å². The molecular weight excluding hydrogens is 354 g/mol. The van der Waals surface area contributed by atoms with E-state index in [0.717, 1.165) is 75.2 Å². The molecule has 0 radical (unpaired) electrons. The summed E-state index contributed by atoms with van der Waals surface area (Å²) in [6.45, 7) is 8.45. The minimum absolute atomic E-state index is 0.724. The van der Waals surface area contributed by atoms with Crippen molar-refractivity contribution in [3.63, 3.8) is 0 Å². The fourth-order valence-electron chi connectivity index (χ4n) is 3.38. The van der Waals surface area contributed by atoms with E-state index < -0.39 is 0 Å². The molecule has 1 saturated heterocycles. The van der Waals surface area contributed by atoms with Gasteiger partial charge in [-0.25, -0.2) is 4.98 Å². The molecule has 0 N–H and O–H groups in total. The number of rotatable bonds is 8. The highest BCUT2D eigenvalue weighted by Crippen LogP contribution is 2.23. The first kappa shape index (κ1) is 18.7. The fraction of sp³-hybridized carbons (Fsp3) is 0.429. The van der Waals surface area contributed by atoms with E-state index in [1.165, 1.54) is 0 Å². The van der Waals surface area contributed by atoms with Crippen LogP contribution < -0.4 is 4.74 Å². The molecule has 0 saturated carbocycles. The minimum Gasteiger partial charge on any atom is -0.494 e. The van der Waals surface area contributed by atoms with Crippen LogP contribution in [0.4, 0.5) is 0 Å². The van der Waals surface area contributed by atoms with Gasteiger partial charge in [0, 0.05) is 50.3 Å². The Morgan fingerprint density at radius 3 is 2.71 bits per heavy atom. The highest BCUT2D eigenvalue weighted by atomic mass is 16.5. The van der Waals surface area contributed by atoms with Crippen LogP contribution in [-0.4, -0.2) is 63.7 Å². The summed E-state index contributed by atoms with van der Waals surface area (Å²) in [6.07, 6.45) is 8.68. The maximum absolute atomic E-state index is 5.90. The van der Waals surface area contributed by atoms with Gasteiger partial charge in [-0.15, -0.1) is 0 Å². The molecule has 28 heavy (non-hydrogen) atoms. The zero-order valence-electron chi connectivity index (χ0n) is 16.3. The standard InChI is InChI=1S/C21H27N5O2/c1-2-25-17-19(16-23-25)26-10-8-22-21(26)18-4-6-20(7-5-18)28-13-3-9-24-11-14-27-15-12-24/h4-8,10,16-17H,2-3,9,11-15H2,1H3. The fourth-order valence-corrected chi connectivity index (χ4v) is 3.38. The Labute approximate surface area is 165 Å². The van der Waals surface area contributed by atoms with Gasteiger partial charge in [0.2, 0.25) is 0 Å². The number of hydrogen-bond acceptors (Lipinski definition) is 5. The summed E-state index contributed by atoms with van der Waals surface area (Å²) in [5.41, 5.74) is 2.06. The number of ether oxygens (including phenoxy) is 2. The lowest BCUT2D eigenvalue weighted by Crippen LogP contribution is -2.37. The van der Waals surface area contributed by atoms with E-state index >= 15 is 0 Å². The van der Waals surface area contributed by atoms with Crippen molar-refractivity contribution in [1.29, 1.82) is 0 Å². The lowest BCUT2D eigenvalue weighted by atomic mass is 10.2. The summed E-state index contributed by atoms with van der Waals surface area (Å²) in [7, 11) is 0. The van der Waals surface area contributed by atoms with Crippen molar-refractivity contribution in [3.05, 3.63) is 49.1 Å². The second kappa shape index (κ2) is 9.03. The first-order valence-corrected chi connectivity index (χ1v) is 9.93. The van der Waals surface area contributed by atoms with E-state index in [2.05, 4.69) is 38.6 Å². The van der Waals surface area contributed by atoms with E-state index in [0.29, 0.717) is 0 Å². The van der Waals surface area contributed by atoms with Crippen LogP contribution in [0.25, 0.3) is 17.1 Å². The molecule has 1 aliphatic heterocycles. The maximum Gasteiger partial charge on any atom is 0.144 e. The van der Waals surface area contributed by atoms with Crippen LogP contribution in [0.3, 0.4) is 0 Å². The normalized spacial score (nSPS) is 15.0. The van der Waals surface area contributed by atoms with Crippen molar-refractivity contribution < 1.29 is 9.47 Å². The molecule has 1 aliphatic rings. The van der Waals surface area contributed by atoms with Gasteiger partial charge >= 0.3 is 0 Å². The van der Waals surface area contributed by atoms with Crippen molar-refractivity contribution in [2.24, 2.45) is 0 Å². The number of benzene rings is 1. The average Bonchev–Trinajstić information content (AvgIpc) is 3.41. The largest absolute Gasteiger partial charge is 0.494 e. The lowest BCUT2D eigenvalue weighted by molar-refractivity contribution is 0.0358. The zero-order chi connectivity index (χ0) is 19.2. The van der Waals surface area contributed by atoms with Gasteiger partial charge in [0.25, 0.3) is 0 Å². The molecule has 0 amide bonds. The summed E-state index contributed by atoms with van der Waals surface area (Å²) < 4.78 is 15.2. The van der Waals surface area contributed by atoms with Crippen LogP contribution in [0.15, 0.2) is 49.1 Å². The van der Waals surface area contributed by atoms with Crippen LogP contribution >= 0.6 is 0 Å². The molecule has 7 heteroatoms. The van der Waals surface area contributed by atoms with E-state index in [1.54, 1.807) is 0 Å². The first-order chi connectivity index (χ1) is 13.8. The number of imidazole rings is 1. The van der Waals surface area contributed by atoms with Gasteiger partial charge in [0.15, 0.2) is 0 Å². The number of nitrogens with zero attached hydrogens (tertiary/aromatic N) is 5. The van der Waals surface area contributed by atoms with Crippen LogP contribution in [-0.2, 0) is 11.3 Å². The summed E-state index contributed by atoms with van der Waals surface area (Å²) in [4.78, 5) is 6.95. The molecule has 7 nitrogen and oxygen atoms in total. The highest BCUT2D eigenvalue weighted by molar-refractivity contribution is 5.59. The zero-order valence-corrected chi connectivity index (χ0v) is 16.3. The molecule has 0 atom stereocenters. The smallest absolute Gasteiger partial charge is 0.144 e. The molecule has 148 valence electrons. The predicted molar refractivity (Wildman–Crippen MR) is 108 cm³/mol. The van der Waals surface area contributed by atoms with Crippen molar-refractivity contribution in [2.75, 3.05) is 39.5 Å². The maximum atomic E-state index is 5.90. The summed E-state index contributed by atoms with van der Waals surface area (Å²) in [5.74, 6) is 1.79. The Morgan fingerprint density at radius 1 is 1.14 bits per heavy atom. The van der Waals surface area contributed by atoms with E-state index in [-0.39, 0.29) is 0 Å². The Morgan fingerprint density at radius 2 is 1.96 bits per heavy atom. The van der Waals surface area contributed by atoms with Gasteiger partial charge in [-0.3, -0.25) is 14.1 Å². The van der Waals surface area contributed by atoms with E-state index in [9.17, 15) is 0 Å². The molecule has 0 bridgehead atoms. The summed E-state index contributed by atoms with van der Waals surface area (Å²) >= 11 is 0. The first-order valence-electron chi connectivity index (χ1n) is 9.93. The molecule has 4 rings (SSSR count). The van der Waals surface area contributed by atoms with Gasteiger partial charge in [-0.05, 0) is 37.6 Å². The minimum atomic E-state index is 0.724. The van der Waals surface area contributed by atoms with Gasteiger partial charge < -0.3 is 9.47 Å². The van der Waals surface area contributed by atoms with Gasteiger partial charge in [0.05, 0.1) is 31.7 Å². The molecule has 1 fully saturated rings. The molecule has 1 aromatic carbocycles. The topological polar surface area (TPSA) is 57.3 Å². The Bertz CT molecular complexity index is 865. The lowest BCUT2D eigenvalue weighted by Gasteiger charge is -2.26. The second-order valence-electron chi connectivity index (χ2n) is 6.86. The number of hydrogen-bond donors (Lipinski definition) is 0. The third-order valence-electron chi connectivity index (χ3n) is 4.97. The van der Waals surface area contributed by atoms with Crippen LogP contribution in [0.2, 0.25) is 0 Å². The molecule has 0 unspecified atom stereocenters. The van der Waals surface area contributed by atoms with Crippen LogP contribution in [0.1, 0.15) is 13.3 Å². The average molecular weight is 381 g/mol. The van der Waals surface area contributed by atoms with Crippen molar-refractivity contribution in [2.45, 2.75) is 19.9 Å². The Hall–Kier alpha value is -2.64. The highest BCUT2D eigenvalue weighted by Gasteiger charge is 2.11. The third kappa shape index (κ3) is 4.43. The second-order valence-corrected chi connectivity index (χ2v) is 6.86. The van der Waals surface area contributed by atoms with Crippen LogP contribution in [0, 0.1) is 0 Å².